The molecule has 0 saturated carbocycles. The minimum atomic E-state index is -1.04. The highest BCUT2D eigenvalue weighted by Crippen LogP contribution is 2.19. The Bertz CT molecular complexity index is 508. The summed E-state index contributed by atoms with van der Waals surface area (Å²) >= 11 is 0. The summed E-state index contributed by atoms with van der Waals surface area (Å²) in [5, 5.41) is 11.6. The summed E-state index contributed by atoms with van der Waals surface area (Å²) < 4.78 is 5.57. The molecule has 5 heteroatoms. The van der Waals surface area contributed by atoms with Gasteiger partial charge in [-0.1, -0.05) is 39.8 Å². The summed E-state index contributed by atoms with van der Waals surface area (Å²) in [7, 11) is 0. The zero-order valence-corrected chi connectivity index (χ0v) is 13.8. The van der Waals surface area contributed by atoms with Crippen molar-refractivity contribution >= 4 is 11.9 Å². The van der Waals surface area contributed by atoms with E-state index in [2.05, 4.69) is 19.2 Å². The zero-order valence-electron chi connectivity index (χ0n) is 13.8. The zero-order chi connectivity index (χ0) is 16.9. The predicted molar refractivity (Wildman–Crippen MR) is 85.0 cm³/mol. The summed E-state index contributed by atoms with van der Waals surface area (Å²) in [5.41, 5.74) is 1.19. The van der Waals surface area contributed by atoms with Crippen LogP contribution in [-0.2, 0) is 9.59 Å². The number of carbonyl (C=O) groups is 2. The van der Waals surface area contributed by atoms with Crippen LogP contribution in [0.25, 0.3) is 0 Å². The maximum atomic E-state index is 12.0. The highest BCUT2D eigenvalue weighted by Gasteiger charge is 2.26. The number of benzene rings is 1. The Labute approximate surface area is 131 Å². The Morgan fingerprint density at radius 2 is 1.59 bits per heavy atom. The van der Waals surface area contributed by atoms with Crippen LogP contribution in [0.5, 0.6) is 5.75 Å². The smallest absolute Gasteiger partial charge is 0.326 e. The van der Waals surface area contributed by atoms with Gasteiger partial charge in [0.25, 0.3) is 5.91 Å². The number of nitrogens with one attached hydrogen (secondary N) is 1. The molecule has 22 heavy (non-hydrogen) atoms. The standard InChI is InChI=1S/C17H25NO4/c1-10(2)13-6-8-14(9-7-13)22-12(5)16(19)18-15(11(3)4)17(20)21/h6-12,15H,1-5H3,(H,18,19)(H,20,21). The third-order valence-electron chi connectivity index (χ3n) is 3.46. The van der Waals surface area contributed by atoms with Gasteiger partial charge in [0.15, 0.2) is 6.10 Å². The number of carboxylic acid groups (broad SMARTS) is 1. The van der Waals surface area contributed by atoms with Gasteiger partial charge in [0.2, 0.25) is 0 Å². The number of aliphatic carboxylic acids is 1. The lowest BCUT2D eigenvalue weighted by Gasteiger charge is -2.21. The van der Waals surface area contributed by atoms with Crippen molar-refractivity contribution in [1.29, 1.82) is 0 Å². The van der Waals surface area contributed by atoms with Crippen LogP contribution >= 0.6 is 0 Å². The Morgan fingerprint density at radius 3 is 2.00 bits per heavy atom. The van der Waals surface area contributed by atoms with E-state index in [0.29, 0.717) is 11.7 Å². The fourth-order valence-electron chi connectivity index (χ4n) is 1.97. The van der Waals surface area contributed by atoms with Crippen LogP contribution < -0.4 is 10.1 Å². The first-order valence-corrected chi connectivity index (χ1v) is 7.52. The van der Waals surface area contributed by atoms with Gasteiger partial charge in [0.1, 0.15) is 11.8 Å². The fraction of sp³-hybridized carbons (Fsp3) is 0.529. The van der Waals surface area contributed by atoms with Gasteiger partial charge in [-0.25, -0.2) is 4.79 Å². The van der Waals surface area contributed by atoms with Crippen molar-refractivity contribution in [3.63, 3.8) is 0 Å². The number of rotatable bonds is 7. The van der Waals surface area contributed by atoms with Gasteiger partial charge in [-0.2, -0.15) is 0 Å². The van der Waals surface area contributed by atoms with Gasteiger partial charge >= 0.3 is 5.97 Å². The summed E-state index contributed by atoms with van der Waals surface area (Å²) in [4.78, 5) is 23.1. The molecule has 1 amide bonds. The molecule has 2 unspecified atom stereocenters. The molecule has 0 fully saturated rings. The Kier molecular flexibility index (Phi) is 6.40. The number of ether oxygens (including phenoxy) is 1. The molecule has 122 valence electrons. The van der Waals surface area contributed by atoms with Crippen LogP contribution in [0.1, 0.15) is 46.1 Å². The second-order valence-electron chi connectivity index (χ2n) is 6.05. The summed E-state index contributed by atoms with van der Waals surface area (Å²) in [5.74, 6) is -0.662. The van der Waals surface area contributed by atoms with Crippen molar-refractivity contribution in [2.24, 2.45) is 5.92 Å². The van der Waals surface area contributed by atoms with E-state index >= 15 is 0 Å². The molecule has 0 saturated heterocycles. The SMILES string of the molecule is CC(Oc1ccc(C(C)C)cc1)C(=O)NC(C(=O)O)C(C)C. The first kappa shape index (κ1) is 18.0. The van der Waals surface area contributed by atoms with Gasteiger partial charge in [-0.15, -0.1) is 0 Å². The first-order valence-electron chi connectivity index (χ1n) is 7.52. The van der Waals surface area contributed by atoms with E-state index in [-0.39, 0.29) is 5.92 Å². The number of hydrogen-bond acceptors (Lipinski definition) is 3. The van der Waals surface area contributed by atoms with Gasteiger partial charge in [-0.05, 0) is 36.5 Å². The molecule has 0 aromatic heterocycles. The molecule has 2 atom stereocenters. The van der Waals surface area contributed by atoms with E-state index in [9.17, 15) is 9.59 Å². The van der Waals surface area contributed by atoms with Gasteiger partial charge in [0.05, 0.1) is 0 Å². The van der Waals surface area contributed by atoms with Crippen molar-refractivity contribution < 1.29 is 19.4 Å². The van der Waals surface area contributed by atoms with E-state index in [1.54, 1.807) is 20.8 Å². The molecule has 1 aromatic rings. The highest BCUT2D eigenvalue weighted by atomic mass is 16.5. The van der Waals surface area contributed by atoms with Gasteiger partial charge in [-0.3, -0.25) is 4.79 Å². The molecule has 0 spiro atoms. The molecule has 0 aliphatic heterocycles. The lowest BCUT2D eigenvalue weighted by molar-refractivity contribution is -0.144. The van der Waals surface area contributed by atoms with Crippen molar-refractivity contribution in [1.82, 2.24) is 5.32 Å². The Morgan fingerprint density at radius 1 is 1.05 bits per heavy atom. The molecular weight excluding hydrogens is 282 g/mol. The van der Waals surface area contributed by atoms with E-state index in [0.717, 1.165) is 0 Å². The molecule has 0 heterocycles. The lowest BCUT2D eigenvalue weighted by atomic mass is 10.0. The van der Waals surface area contributed by atoms with Crippen LogP contribution in [0, 0.1) is 5.92 Å². The third kappa shape index (κ3) is 5.06. The summed E-state index contributed by atoms with van der Waals surface area (Å²) in [6.07, 6.45) is -0.759. The van der Waals surface area contributed by atoms with Gasteiger partial charge in [0, 0.05) is 0 Å². The van der Waals surface area contributed by atoms with E-state index in [1.165, 1.54) is 5.56 Å². The first-order chi connectivity index (χ1) is 10.2. The van der Waals surface area contributed by atoms with Crippen LogP contribution in [0.15, 0.2) is 24.3 Å². The fourth-order valence-corrected chi connectivity index (χ4v) is 1.97. The summed E-state index contributed by atoms with van der Waals surface area (Å²) in [6.45, 7) is 9.29. The van der Waals surface area contributed by atoms with Crippen LogP contribution in [0.3, 0.4) is 0 Å². The quantitative estimate of drug-likeness (QED) is 0.812. The highest BCUT2D eigenvalue weighted by molar-refractivity contribution is 5.86. The van der Waals surface area contributed by atoms with Crippen molar-refractivity contribution in [2.45, 2.75) is 52.7 Å². The minimum absolute atomic E-state index is 0.195. The maximum Gasteiger partial charge on any atom is 0.326 e. The average Bonchev–Trinajstić information content (AvgIpc) is 2.44. The van der Waals surface area contributed by atoms with Crippen molar-refractivity contribution in [3.8, 4) is 5.75 Å². The molecule has 0 aliphatic rings. The molecule has 2 N–H and O–H groups in total. The normalized spacial score (nSPS) is 13.8. The molecule has 1 rings (SSSR count). The van der Waals surface area contributed by atoms with Crippen molar-refractivity contribution in [2.75, 3.05) is 0 Å². The van der Waals surface area contributed by atoms with E-state index in [4.69, 9.17) is 9.84 Å². The Balaban J connectivity index is 2.65. The van der Waals surface area contributed by atoms with Crippen LogP contribution in [-0.4, -0.2) is 29.1 Å². The minimum Gasteiger partial charge on any atom is -0.481 e. The molecule has 1 aromatic carbocycles. The molecule has 0 bridgehead atoms. The topological polar surface area (TPSA) is 75.6 Å². The van der Waals surface area contributed by atoms with E-state index < -0.39 is 24.0 Å². The molecule has 0 aliphatic carbocycles. The predicted octanol–water partition coefficient (Wildman–Crippen LogP) is 2.80. The number of carbonyl (C=O) groups excluding carboxylic acids is 1. The lowest BCUT2D eigenvalue weighted by Crippen LogP contribution is -2.48. The Hall–Kier alpha value is -2.04. The summed E-state index contributed by atoms with van der Waals surface area (Å²) in [6, 6.07) is 6.63. The molecular formula is C17H25NO4. The largest absolute Gasteiger partial charge is 0.481 e. The number of hydrogen-bond donors (Lipinski definition) is 2. The van der Waals surface area contributed by atoms with E-state index in [1.807, 2.05) is 24.3 Å². The maximum absolute atomic E-state index is 12.0. The second-order valence-corrected chi connectivity index (χ2v) is 6.05. The third-order valence-corrected chi connectivity index (χ3v) is 3.46. The van der Waals surface area contributed by atoms with Crippen LogP contribution in [0.2, 0.25) is 0 Å². The second kappa shape index (κ2) is 7.82. The monoisotopic (exact) mass is 307 g/mol. The molecule has 0 radical (unpaired) electrons. The van der Waals surface area contributed by atoms with Gasteiger partial charge < -0.3 is 15.2 Å². The number of amides is 1. The van der Waals surface area contributed by atoms with Crippen LogP contribution in [0.4, 0.5) is 0 Å². The van der Waals surface area contributed by atoms with Crippen molar-refractivity contribution in [3.05, 3.63) is 29.8 Å². The average molecular weight is 307 g/mol. The number of carboxylic acids is 1. The molecule has 5 nitrogen and oxygen atoms in total.